The van der Waals surface area contributed by atoms with E-state index in [1.165, 1.54) is 12.8 Å². The van der Waals surface area contributed by atoms with Crippen LogP contribution in [0.2, 0.25) is 0 Å². The van der Waals surface area contributed by atoms with Gasteiger partial charge in [-0.3, -0.25) is 5.32 Å². The van der Waals surface area contributed by atoms with E-state index in [1.807, 2.05) is 0 Å². The molecule has 0 amide bonds. The van der Waals surface area contributed by atoms with Crippen LogP contribution in [0.15, 0.2) is 0 Å². The van der Waals surface area contributed by atoms with Crippen molar-refractivity contribution in [3.63, 3.8) is 0 Å². The van der Waals surface area contributed by atoms with Gasteiger partial charge in [0, 0.05) is 33.0 Å². The van der Waals surface area contributed by atoms with E-state index in [9.17, 15) is 0 Å². The zero-order valence-electron chi connectivity index (χ0n) is 11.2. The van der Waals surface area contributed by atoms with E-state index in [1.54, 1.807) is 7.11 Å². The van der Waals surface area contributed by atoms with Crippen LogP contribution in [0, 0.1) is 11.3 Å². The number of rotatable bonds is 12. The molecule has 18 heavy (non-hydrogen) atoms. The third-order valence-electron chi connectivity index (χ3n) is 2.73. The topological polar surface area (TPSA) is 63.5 Å². The van der Waals surface area contributed by atoms with Gasteiger partial charge in [0.05, 0.1) is 25.3 Å². The first-order chi connectivity index (χ1) is 8.86. The zero-order chi connectivity index (χ0) is 13.1. The monoisotopic (exact) mass is 256 g/mol. The lowest BCUT2D eigenvalue weighted by Gasteiger charge is -2.10. The molecule has 1 aliphatic rings. The Bertz CT molecular complexity index is 239. The molecule has 0 spiro atoms. The number of methoxy groups -OCH3 is 1. The Morgan fingerprint density at radius 2 is 1.89 bits per heavy atom. The van der Waals surface area contributed by atoms with Gasteiger partial charge in [0.25, 0.3) is 0 Å². The van der Waals surface area contributed by atoms with E-state index < -0.39 is 0 Å². The second kappa shape index (κ2) is 10.3. The second-order valence-corrected chi connectivity index (χ2v) is 4.48. The molecule has 0 aliphatic heterocycles. The first-order valence-corrected chi connectivity index (χ1v) is 6.67. The molecular formula is C13H24N2O3. The van der Waals surface area contributed by atoms with Gasteiger partial charge < -0.3 is 14.2 Å². The average Bonchev–Trinajstić information content (AvgIpc) is 3.19. The molecule has 5 nitrogen and oxygen atoms in total. The summed E-state index contributed by atoms with van der Waals surface area (Å²) in [6, 6.07) is 2.78. The van der Waals surface area contributed by atoms with E-state index in [2.05, 4.69) is 11.4 Å². The summed E-state index contributed by atoms with van der Waals surface area (Å²) in [6.07, 6.45) is 4.06. The summed E-state index contributed by atoms with van der Waals surface area (Å²) < 4.78 is 15.7. The fourth-order valence-corrected chi connectivity index (χ4v) is 1.53. The molecule has 5 heteroatoms. The fourth-order valence-electron chi connectivity index (χ4n) is 1.53. The lowest BCUT2D eigenvalue weighted by Crippen LogP contribution is -2.30. The Balaban J connectivity index is 1.81. The number of hydrogen-bond acceptors (Lipinski definition) is 5. The van der Waals surface area contributed by atoms with Gasteiger partial charge in [0.2, 0.25) is 0 Å². The first kappa shape index (κ1) is 15.4. The van der Waals surface area contributed by atoms with Crippen LogP contribution in [-0.4, -0.2) is 52.2 Å². The molecule has 1 atom stereocenters. The van der Waals surface area contributed by atoms with Crippen molar-refractivity contribution in [2.45, 2.75) is 37.8 Å². The Morgan fingerprint density at radius 1 is 1.17 bits per heavy atom. The molecule has 0 bridgehead atoms. The second-order valence-electron chi connectivity index (χ2n) is 4.48. The van der Waals surface area contributed by atoms with Gasteiger partial charge in [-0.25, -0.2) is 0 Å². The Hall–Kier alpha value is -0.670. The van der Waals surface area contributed by atoms with Gasteiger partial charge >= 0.3 is 0 Å². The minimum absolute atomic E-state index is 0.0598. The van der Waals surface area contributed by atoms with Gasteiger partial charge in [0.1, 0.15) is 0 Å². The highest BCUT2D eigenvalue weighted by Crippen LogP contribution is 2.19. The first-order valence-electron chi connectivity index (χ1n) is 6.67. The molecule has 1 fully saturated rings. The molecule has 1 unspecified atom stereocenters. The number of nitriles is 1. The van der Waals surface area contributed by atoms with Crippen molar-refractivity contribution in [2.75, 3.05) is 40.1 Å². The van der Waals surface area contributed by atoms with Gasteiger partial charge in [0.15, 0.2) is 0 Å². The summed E-state index contributed by atoms with van der Waals surface area (Å²) in [5.74, 6) is 0. The van der Waals surface area contributed by atoms with Gasteiger partial charge in [-0.05, 0) is 25.7 Å². The number of nitrogens with zero attached hydrogens (tertiary/aromatic N) is 1. The molecule has 1 aliphatic carbocycles. The number of nitrogens with one attached hydrogen (secondary N) is 1. The van der Waals surface area contributed by atoms with Gasteiger partial charge in [-0.15, -0.1) is 0 Å². The van der Waals surface area contributed by atoms with Crippen molar-refractivity contribution in [1.29, 1.82) is 5.26 Å². The molecule has 1 N–H and O–H groups in total. The maximum absolute atomic E-state index is 8.93. The van der Waals surface area contributed by atoms with Gasteiger partial charge in [-0.2, -0.15) is 5.26 Å². The lowest BCUT2D eigenvalue weighted by molar-refractivity contribution is 0.0505. The summed E-state index contributed by atoms with van der Waals surface area (Å²) in [6.45, 7) is 3.30. The Morgan fingerprint density at radius 3 is 2.50 bits per heavy atom. The van der Waals surface area contributed by atoms with Crippen molar-refractivity contribution in [1.82, 2.24) is 5.32 Å². The van der Waals surface area contributed by atoms with Crippen molar-refractivity contribution in [3.8, 4) is 6.07 Å². The van der Waals surface area contributed by atoms with Crippen LogP contribution in [-0.2, 0) is 14.2 Å². The standard InChI is InChI=1S/C13H24N2O3/c1-16-9-10-18-7-2-6-17-8-5-13(11-14)15-12-3-4-12/h12-13,15H,2-10H2,1H3. The lowest BCUT2D eigenvalue weighted by atomic mass is 10.2. The maximum atomic E-state index is 8.93. The normalized spacial score (nSPS) is 16.4. The predicted octanol–water partition coefficient (Wildman–Crippen LogP) is 1.09. The smallest absolute Gasteiger partial charge is 0.0977 e. The van der Waals surface area contributed by atoms with Crippen molar-refractivity contribution < 1.29 is 14.2 Å². The Kier molecular flexibility index (Phi) is 8.78. The minimum atomic E-state index is -0.0598. The average molecular weight is 256 g/mol. The van der Waals surface area contributed by atoms with Crippen LogP contribution in [0.5, 0.6) is 0 Å². The highest BCUT2D eigenvalue weighted by atomic mass is 16.5. The van der Waals surface area contributed by atoms with Crippen molar-refractivity contribution >= 4 is 0 Å². The minimum Gasteiger partial charge on any atom is -0.382 e. The van der Waals surface area contributed by atoms with Crippen molar-refractivity contribution in [3.05, 3.63) is 0 Å². The maximum Gasteiger partial charge on any atom is 0.0977 e. The quantitative estimate of drug-likeness (QED) is 0.530. The van der Waals surface area contributed by atoms with Crippen LogP contribution >= 0.6 is 0 Å². The van der Waals surface area contributed by atoms with Gasteiger partial charge in [-0.1, -0.05) is 0 Å². The molecule has 0 aromatic heterocycles. The van der Waals surface area contributed by atoms with E-state index in [4.69, 9.17) is 19.5 Å². The van der Waals surface area contributed by atoms with Crippen LogP contribution in [0.4, 0.5) is 0 Å². The van der Waals surface area contributed by atoms with E-state index in [-0.39, 0.29) is 6.04 Å². The summed E-state index contributed by atoms with van der Waals surface area (Å²) >= 11 is 0. The van der Waals surface area contributed by atoms with E-state index in [0.717, 1.165) is 12.8 Å². The predicted molar refractivity (Wildman–Crippen MR) is 68.3 cm³/mol. The van der Waals surface area contributed by atoms with E-state index in [0.29, 0.717) is 39.1 Å². The largest absolute Gasteiger partial charge is 0.382 e. The molecule has 1 rings (SSSR count). The molecule has 104 valence electrons. The molecule has 0 radical (unpaired) electrons. The summed E-state index contributed by atoms with van der Waals surface area (Å²) in [5.41, 5.74) is 0. The fraction of sp³-hybridized carbons (Fsp3) is 0.923. The highest BCUT2D eigenvalue weighted by Gasteiger charge is 2.24. The zero-order valence-corrected chi connectivity index (χ0v) is 11.2. The van der Waals surface area contributed by atoms with E-state index >= 15 is 0 Å². The third-order valence-corrected chi connectivity index (χ3v) is 2.73. The summed E-state index contributed by atoms with van der Waals surface area (Å²) in [5, 5.41) is 12.2. The molecule has 0 saturated heterocycles. The molecular weight excluding hydrogens is 232 g/mol. The molecule has 0 aromatic rings. The summed E-state index contributed by atoms with van der Waals surface area (Å²) in [7, 11) is 1.66. The van der Waals surface area contributed by atoms with Crippen LogP contribution in [0.3, 0.4) is 0 Å². The highest BCUT2D eigenvalue weighted by molar-refractivity contribution is 4.95. The Labute approximate surface area is 109 Å². The number of ether oxygens (including phenoxy) is 3. The van der Waals surface area contributed by atoms with Crippen LogP contribution in [0.25, 0.3) is 0 Å². The van der Waals surface area contributed by atoms with Crippen molar-refractivity contribution in [2.24, 2.45) is 0 Å². The number of hydrogen-bond donors (Lipinski definition) is 1. The molecule has 0 heterocycles. The molecule has 1 saturated carbocycles. The molecule has 0 aromatic carbocycles. The SMILES string of the molecule is COCCOCCCOCCC(C#N)NC1CC1. The van der Waals surface area contributed by atoms with Crippen LogP contribution in [0.1, 0.15) is 25.7 Å². The van der Waals surface area contributed by atoms with Crippen LogP contribution < -0.4 is 5.32 Å². The third kappa shape index (κ3) is 8.43. The summed E-state index contributed by atoms with van der Waals surface area (Å²) in [4.78, 5) is 0.